The van der Waals surface area contributed by atoms with E-state index in [9.17, 15) is 19.2 Å². The van der Waals surface area contributed by atoms with Gasteiger partial charge < -0.3 is 30.4 Å². The summed E-state index contributed by atoms with van der Waals surface area (Å²) < 4.78 is 10.1. The normalized spacial score (nSPS) is 19.1. The lowest BCUT2D eigenvalue weighted by Gasteiger charge is -2.23. The average molecular weight is 505 g/mol. The molecule has 0 bridgehead atoms. The van der Waals surface area contributed by atoms with Gasteiger partial charge in [-0.15, -0.1) is 0 Å². The van der Waals surface area contributed by atoms with Crippen LogP contribution in [0.5, 0.6) is 5.75 Å². The van der Waals surface area contributed by atoms with Gasteiger partial charge in [-0.25, -0.2) is 4.79 Å². The minimum Gasteiger partial charge on any atom is -0.497 e. The van der Waals surface area contributed by atoms with Gasteiger partial charge in [-0.2, -0.15) is 0 Å². The lowest BCUT2D eigenvalue weighted by atomic mass is 9.97. The Balaban J connectivity index is 1.48. The second-order valence-electron chi connectivity index (χ2n) is 9.06. The van der Waals surface area contributed by atoms with Gasteiger partial charge in [0, 0.05) is 23.9 Å². The average Bonchev–Trinajstić information content (AvgIpc) is 3.40. The highest BCUT2D eigenvalue weighted by molar-refractivity contribution is 6.35. The molecule has 1 aliphatic heterocycles. The van der Waals surface area contributed by atoms with E-state index in [0.29, 0.717) is 47.0 Å². The van der Waals surface area contributed by atoms with Crippen molar-refractivity contribution in [3.05, 3.63) is 28.9 Å². The molecule has 2 fully saturated rings. The monoisotopic (exact) mass is 504 g/mol. The molecular formula is C24H29ClN4O6. The minimum atomic E-state index is -0.987. The number of aromatic nitrogens is 1. The van der Waals surface area contributed by atoms with Gasteiger partial charge in [-0.1, -0.05) is 24.4 Å². The van der Waals surface area contributed by atoms with Gasteiger partial charge >= 0.3 is 5.97 Å². The molecule has 4 N–H and O–H groups in total. The number of hydrogen-bond donors (Lipinski definition) is 4. The molecule has 3 amide bonds. The van der Waals surface area contributed by atoms with Crippen LogP contribution < -0.4 is 20.7 Å². The molecule has 35 heavy (non-hydrogen) atoms. The lowest BCUT2D eigenvalue weighted by molar-refractivity contribution is -0.146. The first-order valence-corrected chi connectivity index (χ1v) is 12.0. The van der Waals surface area contributed by atoms with Crippen LogP contribution in [-0.4, -0.2) is 61.5 Å². The smallest absolute Gasteiger partial charge is 0.328 e. The summed E-state index contributed by atoms with van der Waals surface area (Å²) in [5.41, 5.74) is 0.831. The third-order valence-corrected chi connectivity index (χ3v) is 6.81. The maximum atomic E-state index is 13.2. The van der Waals surface area contributed by atoms with Gasteiger partial charge in [0.2, 0.25) is 11.8 Å². The van der Waals surface area contributed by atoms with E-state index >= 15 is 0 Å². The first-order valence-electron chi connectivity index (χ1n) is 11.6. The van der Waals surface area contributed by atoms with E-state index in [0.717, 1.165) is 12.8 Å². The van der Waals surface area contributed by atoms with Crippen molar-refractivity contribution >= 4 is 46.2 Å². The summed E-state index contributed by atoms with van der Waals surface area (Å²) in [6.07, 6.45) is 3.12. The molecule has 1 aromatic carbocycles. The molecular weight excluding hydrogens is 476 g/mol. The molecule has 4 rings (SSSR count). The predicted molar refractivity (Wildman–Crippen MR) is 128 cm³/mol. The third-order valence-electron chi connectivity index (χ3n) is 6.51. The van der Waals surface area contributed by atoms with E-state index in [1.165, 1.54) is 14.2 Å². The third kappa shape index (κ3) is 5.87. The fourth-order valence-electron chi connectivity index (χ4n) is 4.35. The Morgan fingerprint density at radius 3 is 2.49 bits per heavy atom. The number of H-pyrrole nitrogens is 1. The van der Waals surface area contributed by atoms with Crippen LogP contribution in [0.15, 0.2) is 18.2 Å². The van der Waals surface area contributed by atoms with Crippen LogP contribution in [0.3, 0.4) is 0 Å². The zero-order valence-electron chi connectivity index (χ0n) is 19.6. The largest absolute Gasteiger partial charge is 0.497 e. The zero-order chi connectivity index (χ0) is 25.1. The van der Waals surface area contributed by atoms with Crippen molar-refractivity contribution < 1.29 is 28.7 Å². The van der Waals surface area contributed by atoms with E-state index in [-0.39, 0.29) is 23.9 Å². The zero-order valence-corrected chi connectivity index (χ0v) is 20.4. The molecule has 3 atom stereocenters. The van der Waals surface area contributed by atoms with E-state index in [1.807, 2.05) is 0 Å². The van der Waals surface area contributed by atoms with Crippen molar-refractivity contribution in [2.45, 2.75) is 44.2 Å². The second-order valence-corrected chi connectivity index (χ2v) is 9.47. The number of nitrogens with one attached hydrogen (secondary N) is 4. The molecule has 2 aliphatic rings. The second kappa shape index (κ2) is 10.6. The SMILES string of the molecule is COC(=O)[C@H](C[C@@H]1CCNC1=O)NC(=O)[C@H](CC1CC1)NC(=O)c1cc2cc(OC)cc(Cl)c2[nH]1. The summed E-state index contributed by atoms with van der Waals surface area (Å²) in [6.45, 7) is 0.534. The molecule has 0 unspecified atom stereocenters. The number of ether oxygens (including phenoxy) is 2. The van der Waals surface area contributed by atoms with Gasteiger partial charge in [0.15, 0.2) is 0 Å². The number of benzene rings is 1. The van der Waals surface area contributed by atoms with Crippen LogP contribution in [0.25, 0.3) is 10.9 Å². The fourth-order valence-corrected chi connectivity index (χ4v) is 4.62. The standard InChI is InChI=1S/C24H29ClN4O6/c1-34-15-8-14-10-18(27-20(14)16(25)11-15)23(32)28-17(7-12-3-4-12)22(31)29-19(24(33)35-2)9-13-5-6-26-21(13)30/h8,10-13,17,19,27H,3-7,9H2,1-2H3,(H,26,30)(H,28,32)(H,29,31)/t13-,17-,19-/m0/s1. The van der Waals surface area contributed by atoms with Crippen LogP contribution in [0.1, 0.15) is 42.6 Å². The number of fused-ring (bicyclic) bond motifs is 1. The Bertz CT molecular complexity index is 1140. The Morgan fingerprint density at radius 1 is 1.09 bits per heavy atom. The number of halogens is 1. The maximum absolute atomic E-state index is 13.2. The molecule has 1 saturated heterocycles. The van der Waals surface area contributed by atoms with E-state index in [4.69, 9.17) is 21.1 Å². The Labute approximate surface area is 207 Å². The number of rotatable bonds is 10. The summed E-state index contributed by atoms with van der Waals surface area (Å²) in [7, 11) is 2.76. The van der Waals surface area contributed by atoms with Crippen LogP contribution in [0, 0.1) is 11.8 Å². The highest BCUT2D eigenvalue weighted by atomic mass is 35.5. The summed E-state index contributed by atoms with van der Waals surface area (Å²) in [4.78, 5) is 53.6. The van der Waals surface area contributed by atoms with E-state index < -0.39 is 29.9 Å². The summed E-state index contributed by atoms with van der Waals surface area (Å²) in [5, 5.41) is 9.32. The number of hydrogen-bond acceptors (Lipinski definition) is 6. The van der Waals surface area contributed by atoms with Gasteiger partial charge in [0.25, 0.3) is 5.91 Å². The number of amides is 3. The maximum Gasteiger partial charge on any atom is 0.328 e. The van der Waals surface area contributed by atoms with Crippen LogP contribution >= 0.6 is 11.6 Å². The van der Waals surface area contributed by atoms with Crippen molar-refractivity contribution in [3.63, 3.8) is 0 Å². The lowest BCUT2D eigenvalue weighted by Crippen LogP contribution is -2.52. The number of esters is 1. The van der Waals surface area contributed by atoms with Crippen LogP contribution in [0.4, 0.5) is 0 Å². The van der Waals surface area contributed by atoms with Gasteiger partial charge in [0.05, 0.1) is 24.8 Å². The number of methoxy groups -OCH3 is 2. The van der Waals surface area contributed by atoms with Gasteiger partial charge in [0.1, 0.15) is 23.5 Å². The van der Waals surface area contributed by atoms with Gasteiger partial charge in [-0.3, -0.25) is 14.4 Å². The molecule has 1 saturated carbocycles. The van der Waals surface area contributed by atoms with E-state index in [2.05, 4.69) is 20.9 Å². The molecule has 2 aromatic rings. The van der Waals surface area contributed by atoms with Crippen molar-refractivity contribution in [1.82, 2.24) is 20.9 Å². The Kier molecular flexibility index (Phi) is 7.49. The highest BCUT2D eigenvalue weighted by Gasteiger charge is 2.36. The van der Waals surface area contributed by atoms with E-state index in [1.54, 1.807) is 18.2 Å². The summed E-state index contributed by atoms with van der Waals surface area (Å²) in [6, 6.07) is 3.20. The summed E-state index contributed by atoms with van der Waals surface area (Å²) >= 11 is 6.29. The molecule has 1 aliphatic carbocycles. The topological polar surface area (TPSA) is 139 Å². The first-order chi connectivity index (χ1) is 16.8. The predicted octanol–water partition coefficient (Wildman–Crippen LogP) is 1.91. The van der Waals surface area contributed by atoms with Crippen molar-refractivity contribution in [1.29, 1.82) is 0 Å². The van der Waals surface area contributed by atoms with Crippen LogP contribution in [0.2, 0.25) is 5.02 Å². The minimum absolute atomic E-state index is 0.136. The Hall–Kier alpha value is -3.27. The van der Waals surface area contributed by atoms with Gasteiger partial charge in [-0.05, 0) is 37.3 Å². The molecule has 188 valence electrons. The molecule has 1 aromatic heterocycles. The molecule has 0 radical (unpaired) electrons. The number of carbonyl (C=O) groups excluding carboxylic acids is 4. The molecule has 0 spiro atoms. The van der Waals surface area contributed by atoms with Crippen molar-refractivity contribution in [2.75, 3.05) is 20.8 Å². The quantitative estimate of drug-likeness (QED) is 0.365. The number of aromatic amines is 1. The Morgan fingerprint density at radius 2 is 1.86 bits per heavy atom. The number of carbonyl (C=O) groups is 4. The molecule has 11 heteroatoms. The molecule has 10 nitrogen and oxygen atoms in total. The van der Waals surface area contributed by atoms with Crippen molar-refractivity contribution in [3.8, 4) is 5.75 Å². The van der Waals surface area contributed by atoms with Crippen LogP contribution in [-0.2, 0) is 19.1 Å². The molecule has 2 heterocycles. The van der Waals surface area contributed by atoms with Crippen molar-refractivity contribution in [2.24, 2.45) is 11.8 Å². The highest BCUT2D eigenvalue weighted by Crippen LogP contribution is 2.34. The fraction of sp³-hybridized carbons (Fsp3) is 0.500. The first kappa shape index (κ1) is 24.8. The summed E-state index contributed by atoms with van der Waals surface area (Å²) in [5.74, 6) is -1.24.